The number of rotatable bonds is 3. The third kappa shape index (κ3) is 3.73. The number of amides is 2. The zero-order valence-corrected chi connectivity index (χ0v) is 14.7. The Balaban J connectivity index is 1.84. The number of nitrogens with zero attached hydrogens (tertiary/aromatic N) is 1. The van der Waals surface area contributed by atoms with Crippen molar-refractivity contribution < 1.29 is 9.59 Å². The lowest BCUT2D eigenvalue weighted by atomic mass is 9.90. The van der Waals surface area contributed by atoms with Crippen molar-refractivity contribution in [3.8, 4) is 0 Å². The molecule has 5 nitrogen and oxygen atoms in total. The van der Waals surface area contributed by atoms with Crippen LogP contribution in [0, 0.1) is 5.92 Å². The Bertz CT molecular complexity index is 776. The van der Waals surface area contributed by atoms with E-state index in [4.69, 9.17) is 7.85 Å². The maximum atomic E-state index is 12.8. The Morgan fingerprint density at radius 1 is 1.20 bits per heavy atom. The standard InChI is InChI=1S/C19H24BN3O2/c1-21-19(25)23-12-14(17-15(20)9-6-10-16(17)23)18(24)22-11-13-7-4-2-3-5-8-13/h6,9-10,12-13H,2-5,7-8,11H2,1H3,(H,21,25)(H,22,24). The summed E-state index contributed by atoms with van der Waals surface area (Å²) >= 11 is 0. The Hall–Kier alpha value is -2.24. The maximum absolute atomic E-state index is 12.8. The Labute approximate surface area is 149 Å². The van der Waals surface area contributed by atoms with Crippen molar-refractivity contribution in [3.63, 3.8) is 0 Å². The van der Waals surface area contributed by atoms with Crippen molar-refractivity contribution in [2.75, 3.05) is 13.6 Å². The van der Waals surface area contributed by atoms with Gasteiger partial charge in [0, 0.05) is 25.2 Å². The third-order valence-electron chi connectivity index (χ3n) is 5.07. The smallest absolute Gasteiger partial charge is 0.325 e. The number of aromatic nitrogens is 1. The second-order valence-electron chi connectivity index (χ2n) is 6.78. The van der Waals surface area contributed by atoms with E-state index in [1.165, 1.54) is 43.1 Å². The fourth-order valence-electron chi connectivity index (χ4n) is 3.68. The van der Waals surface area contributed by atoms with Gasteiger partial charge in [-0.1, -0.05) is 43.3 Å². The van der Waals surface area contributed by atoms with Crippen LogP contribution in [0.4, 0.5) is 4.79 Å². The van der Waals surface area contributed by atoms with Crippen molar-refractivity contribution in [1.29, 1.82) is 0 Å². The van der Waals surface area contributed by atoms with Crippen LogP contribution in [0.25, 0.3) is 10.9 Å². The first kappa shape index (κ1) is 17.6. The monoisotopic (exact) mass is 337 g/mol. The van der Waals surface area contributed by atoms with E-state index in [9.17, 15) is 9.59 Å². The molecule has 2 N–H and O–H groups in total. The van der Waals surface area contributed by atoms with Crippen molar-refractivity contribution in [3.05, 3.63) is 30.0 Å². The van der Waals surface area contributed by atoms with Gasteiger partial charge in [0.1, 0.15) is 7.85 Å². The molecule has 2 aromatic rings. The number of nitrogens with one attached hydrogen (secondary N) is 2. The lowest BCUT2D eigenvalue weighted by Crippen LogP contribution is -2.29. The summed E-state index contributed by atoms with van der Waals surface area (Å²) < 4.78 is 1.44. The van der Waals surface area contributed by atoms with Gasteiger partial charge in [0.2, 0.25) is 0 Å². The van der Waals surface area contributed by atoms with Crippen LogP contribution in [-0.4, -0.2) is 37.9 Å². The average Bonchev–Trinajstić information content (AvgIpc) is 2.83. The van der Waals surface area contributed by atoms with E-state index < -0.39 is 0 Å². The normalized spacial score (nSPS) is 15.7. The minimum absolute atomic E-state index is 0.171. The number of carbonyl (C=O) groups is 2. The number of benzene rings is 1. The van der Waals surface area contributed by atoms with Crippen LogP contribution in [0.3, 0.4) is 0 Å². The molecule has 1 aliphatic carbocycles. The van der Waals surface area contributed by atoms with Gasteiger partial charge in [-0.05, 0) is 24.8 Å². The van der Waals surface area contributed by atoms with Crippen molar-refractivity contribution in [1.82, 2.24) is 15.2 Å². The van der Waals surface area contributed by atoms with E-state index in [2.05, 4.69) is 10.6 Å². The quantitative estimate of drug-likeness (QED) is 0.667. The average molecular weight is 337 g/mol. The molecule has 0 spiro atoms. The highest BCUT2D eigenvalue weighted by atomic mass is 16.2. The van der Waals surface area contributed by atoms with Gasteiger partial charge in [-0.2, -0.15) is 0 Å². The van der Waals surface area contributed by atoms with Gasteiger partial charge in [0.15, 0.2) is 0 Å². The molecule has 1 aromatic carbocycles. The van der Waals surface area contributed by atoms with Crippen molar-refractivity contribution in [2.24, 2.45) is 5.92 Å². The summed E-state index contributed by atoms with van der Waals surface area (Å²) in [5.74, 6) is 0.367. The fourth-order valence-corrected chi connectivity index (χ4v) is 3.68. The van der Waals surface area contributed by atoms with Crippen LogP contribution in [0.2, 0.25) is 0 Å². The Kier molecular flexibility index (Phi) is 5.46. The number of hydrogen-bond acceptors (Lipinski definition) is 2. The van der Waals surface area contributed by atoms with Gasteiger partial charge >= 0.3 is 6.03 Å². The molecule has 0 atom stereocenters. The van der Waals surface area contributed by atoms with Crippen LogP contribution in [0.5, 0.6) is 0 Å². The molecule has 0 saturated heterocycles. The highest BCUT2D eigenvalue weighted by Crippen LogP contribution is 2.23. The number of carbonyl (C=O) groups excluding carboxylic acids is 2. The molecule has 2 amide bonds. The summed E-state index contributed by atoms with van der Waals surface area (Å²) in [6.45, 7) is 0.679. The summed E-state index contributed by atoms with van der Waals surface area (Å²) in [6, 6.07) is 5.03. The van der Waals surface area contributed by atoms with E-state index in [1.807, 2.05) is 0 Å². The third-order valence-corrected chi connectivity index (χ3v) is 5.07. The van der Waals surface area contributed by atoms with Crippen LogP contribution in [0.1, 0.15) is 48.9 Å². The zero-order chi connectivity index (χ0) is 17.8. The van der Waals surface area contributed by atoms with Gasteiger partial charge in [0.25, 0.3) is 5.91 Å². The van der Waals surface area contributed by atoms with Gasteiger partial charge in [-0.15, -0.1) is 0 Å². The lowest BCUT2D eigenvalue weighted by molar-refractivity contribution is 0.0947. The van der Waals surface area contributed by atoms with Gasteiger partial charge < -0.3 is 10.6 Å². The first-order chi connectivity index (χ1) is 12.1. The molecular formula is C19H24BN3O2. The first-order valence-electron chi connectivity index (χ1n) is 9.01. The number of fused-ring (bicyclic) bond motifs is 1. The molecule has 2 radical (unpaired) electrons. The van der Waals surface area contributed by atoms with Gasteiger partial charge in [0.05, 0.1) is 11.1 Å². The molecule has 1 fully saturated rings. The predicted octanol–water partition coefficient (Wildman–Crippen LogP) is 2.32. The number of hydrogen-bond donors (Lipinski definition) is 2. The molecule has 25 heavy (non-hydrogen) atoms. The highest BCUT2D eigenvalue weighted by molar-refractivity contribution is 6.40. The Morgan fingerprint density at radius 2 is 1.92 bits per heavy atom. The molecule has 3 rings (SSSR count). The van der Waals surface area contributed by atoms with Crippen LogP contribution < -0.4 is 16.1 Å². The van der Waals surface area contributed by atoms with Crippen LogP contribution in [-0.2, 0) is 0 Å². The van der Waals surface area contributed by atoms with Gasteiger partial charge in [-0.25, -0.2) is 4.79 Å². The van der Waals surface area contributed by atoms with E-state index >= 15 is 0 Å². The lowest BCUT2D eigenvalue weighted by Gasteiger charge is -2.14. The van der Waals surface area contributed by atoms with E-state index in [1.54, 1.807) is 31.4 Å². The SMILES string of the molecule is [B]c1cccc2c1c(C(=O)NCC1CCCCCC1)cn2C(=O)NC. The maximum Gasteiger partial charge on any atom is 0.325 e. The van der Waals surface area contributed by atoms with E-state index in [0.29, 0.717) is 34.4 Å². The molecule has 1 aliphatic rings. The molecule has 6 heteroatoms. The highest BCUT2D eigenvalue weighted by Gasteiger charge is 2.20. The molecule has 1 aromatic heterocycles. The van der Waals surface area contributed by atoms with Crippen molar-refractivity contribution in [2.45, 2.75) is 38.5 Å². The molecular weight excluding hydrogens is 313 g/mol. The van der Waals surface area contributed by atoms with E-state index in [0.717, 1.165) is 0 Å². The summed E-state index contributed by atoms with van der Waals surface area (Å²) in [5, 5.41) is 6.26. The predicted molar refractivity (Wildman–Crippen MR) is 101 cm³/mol. The van der Waals surface area contributed by atoms with Crippen LogP contribution >= 0.6 is 0 Å². The molecule has 0 unspecified atom stereocenters. The summed E-state index contributed by atoms with van der Waals surface area (Å²) in [4.78, 5) is 24.8. The van der Waals surface area contributed by atoms with E-state index in [-0.39, 0.29) is 11.9 Å². The van der Waals surface area contributed by atoms with Gasteiger partial charge in [-0.3, -0.25) is 9.36 Å². The Morgan fingerprint density at radius 3 is 2.60 bits per heavy atom. The van der Waals surface area contributed by atoms with Crippen LogP contribution in [0.15, 0.2) is 24.4 Å². The largest absolute Gasteiger partial charge is 0.352 e. The molecule has 0 bridgehead atoms. The minimum atomic E-state index is -0.293. The second kappa shape index (κ2) is 7.76. The zero-order valence-electron chi connectivity index (χ0n) is 14.7. The fraction of sp³-hybridized carbons (Fsp3) is 0.474. The summed E-state index contributed by atoms with van der Waals surface area (Å²) in [7, 11) is 7.65. The van der Waals surface area contributed by atoms with Crippen molar-refractivity contribution >= 4 is 36.2 Å². The molecule has 1 saturated carbocycles. The second-order valence-corrected chi connectivity index (χ2v) is 6.78. The molecule has 1 heterocycles. The molecule has 130 valence electrons. The topological polar surface area (TPSA) is 63.1 Å². The summed E-state index contributed by atoms with van der Waals surface area (Å²) in [5.41, 5.74) is 1.59. The molecule has 0 aliphatic heterocycles. The summed E-state index contributed by atoms with van der Waals surface area (Å²) in [6.07, 6.45) is 8.97. The minimum Gasteiger partial charge on any atom is -0.352 e. The first-order valence-corrected chi connectivity index (χ1v) is 9.01.